The van der Waals surface area contributed by atoms with Crippen molar-refractivity contribution in [2.24, 2.45) is 0 Å². The molecule has 0 aliphatic rings. The van der Waals surface area contributed by atoms with Gasteiger partial charge < -0.3 is 18.9 Å². The van der Waals surface area contributed by atoms with Gasteiger partial charge in [0, 0.05) is 26.6 Å². The van der Waals surface area contributed by atoms with Gasteiger partial charge in [-0.1, -0.05) is 74.2 Å². The Morgan fingerprint density at radius 3 is 1.88 bits per heavy atom. The zero-order chi connectivity index (χ0) is 23.1. The zero-order valence-corrected chi connectivity index (χ0v) is 19.4. The minimum Gasteiger partial charge on any atom is -0.434 e. The van der Waals surface area contributed by atoms with Crippen molar-refractivity contribution in [1.29, 1.82) is 0 Å². The third-order valence-corrected chi connectivity index (χ3v) is 5.27. The molecule has 8 heteroatoms. The highest BCUT2D eigenvalue weighted by Crippen LogP contribution is 2.46. The third-order valence-electron chi connectivity index (χ3n) is 4.75. The summed E-state index contributed by atoms with van der Waals surface area (Å²) >= 11 is 12.7. The van der Waals surface area contributed by atoms with Crippen LogP contribution in [0.3, 0.4) is 0 Å². The van der Waals surface area contributed by atoms with Gasteiger partial charge in [0.25, 0.3) is 0 Å². The van der Waals surface area contributed by atoms with Crippen molar-refractivity contribution in [3.8, 4) is 11.5 Å². The van der Waals surface area contributed by atoms with Gasteiger partial charge in [-0.25, -0.2) is 9.59 Å². The molecule has 0 unspecified atom stereocenters. The van der Waals surface area contributed by atoms with E-state index in [4.69, 9.17) is 42.1 Å². The lowest BCUT2D eigenvalue weighted by molar-refractivity contribution is 0.0970. The molecule has 3 aromatic rings. The Balaban J connectivity index is 2.13. The molecule has 6 nitrogen and oxygen atoms in total. The summed E-state index contributed by atoms with van der Waals surface area (Å²) in [6.45, 7) is 4.48. The molecular weight excluding hydrogens is 455 g/mol. The average Bonchev–Trinajstić information content (AvgIpc) is 2.76. The lowest BCUT2D eigenvalue weighted by atomic mass is 10.0. The molecule has 0 bridgehead atoms. The Morgan fingerprint density at radius 1 is 0.781 bits per heavy atom. The average molecular weight is 479 g/mol. The first-order valence-corrected chi connectivity index (χ1v) is 11.2. The molecule has 0 spiro atoms. The molecule has 0 saturated heterocycles. The second-order valence-corrected chi connectivity index (χ2v) is 7.97. The van der Waals surface area contributed by atoms with Crippen LogP contribution in [-0.4, -0.2) is 25.5 Å². The summed E-state index contributed by atoms with van der Waals surface area (Å²) < 4.78 is 21.5. The lowest BCUT2D eigenvalue weighted by Crippen LogP contribution is -2.14. The standard InChI is InChI=1S/C24H24Cl2O6/c1-3-5-11-29-23(27)31-21-16-9-7-8-10-17(16)22(32-24(28)30-12-6-4-2)20-18(21)13-15(25)14-19(20)26/h7-10,13-14H,3-6,11-12H2,1-2H3. The van der Waals surface area contributed by atoms with E-state index >= 15 is 0 Å². The molecule has 0 heterocycles. The molecule has 32 heavy (non-hydrogen) atoms. The van der Waals surface area contributed by atoms with E-state index in [0.29, 0.717) is 26.6 Å². The number of benzene rings is 3. The summed E-state index contributed by atoms with van der Waals surface area (Å²) in [6.07, 6.45) is 1.52. The quantitative estimate of drug-likeness (QED) is 0.141. The molecule has 0 amide bonds. The van der Waals surface area contributed by atoms with Gasteiger partial charge in [0.1, 0.15) is 0 Å². The highest BCUT2D eigenvalue weighted by atomic mass is 35.5. The van der Waals surface area contributed by atoms with Crippen molar-refractivity contribution in [2.75, 3.05) is 13.2 Å². The first-order chi connectivity index (χ1) is 15.5. The van der Waals surface area contributed by atoms with Crippen LogP contribution in [0.2, 0.25) is 10.0 Å². The number of hydrogen-bond acceptors (Lipinski definition) is 6. The van der Waals surface area contributed by atoms with E-state index in [1.165, 1.54) is 6.07 Å². The van der Waals surface area contributed by atoms with E-state index in [9.17, 15) is 9.59 Å². The lowest BCUT2D eigenvalue weighted by Gasteiger charge is -2.17. The van der Waals surface area contributed by atoms with Gasteiger partial charge in [-0.15, -0.1) is 0 Å². The van der Waals surface area contributed by atoms with Gasteiger partial charge >= 0.3 is 12.3 Å². The molecule has 0 aromatic heterocycles. The summed E-state index contributed by atoms with van der Waals surface area (Å²) in [5.74, 6) is 0.415. The van der Waals surface area contributed by atoms with Gasteiger partial charge in [0.2, 0.25) is 0 Å². The summed E-state index contributed by atoms with van der Waals surface area (Å²) in [6, 6.07) is 10.2. The van der Waals surface area contributed by atoms with E-state index in [1.807, 2.05) is 13.8 Å². The van der Waals surface area contributed by atoms with Crippen LogP contribution in [0.25, 0.3) is 21.5 Å². The fraction of sp³-hybridized carbons (Fsp3) is 0.333. The van der Waals surface area contributed by atoms with E-state index < -0.39 is 12.3 Å². The Morgan fingerprint density at radius 2 is 1.31 bits per heavy atom. The van der Waals surface area contributed by atoms with E-state index in [0.717, 1.165) is 25.7 Å². The van der Waals surface area contributed by atoms with Crippen LogP contribution in [0, 0.1) is 0 Å². The Kier molecular flexibility index (Phi) is 8.42. The normalized spacial score (nSPS) is 10.9. The maximum atomic E-state index is 12.3. The van der Waals surface area contributed by atoms with Crippen LogP contribution in [0.1, 0.15) is 39.5 Å². The van der Waals surface area contributed by atoms with E-state index in [2.05, 4.69) is 0 Å². The second-order valence-electron chi connectivity index (χ2n) is 7.12. The summed E-state index contributed by atoms with van der Waals surface area (Å²) in [5.41, 5.74) is 0. The SMILES string of the molecule is CCCCOC(=O)Oc1c2ccccc2c(OC(=O)OCCCC)c2c(Cl)cc(Cl)cc12. The van der Waals surface area contributed by atoms with Crippen LogP contribution in [0.4, 0.5) is 9.59 Å². The molecule has 0 fully saturated rings. The molecule has 0 aliphatic carbocycles. The minimum atomic E-state index is -0.844. The Labute approximate surface area is 196 Å². The smallest absolute Gasteiger partial charge is 0.434 e. The van der Waals surface area contributed by atoms with Crippen LogP contribution in [0.15, 0.2) is 36.4 Å². The molecule has 3 aromatic carbocycles. The maximum absolute atomic E-state index is 12.3. The van der Waals surface area contributed by atoms with Crippen LogP contribution >= 0.6 is 23.2 Å². The number of carbonyl (C=O) groups is 2. The van der Waals surface area contributed by atoms with Crippen molar-refractivity contribution in [3.05, 3.63) is 46.4 Å². The number of rotatable bonds is 8. The molecule has 0 radical (unpaired) electrons. The molecule has 3 rings (SSSR count). The highest BCUT2D eigenvalue weighted by Gasteiger charge is 2.23. The number of unbranched alkanes of at least 4 members (excludes halogenated alkanes) is 2. The minimum absolute atomic E-state index is 0.200. The van der Waals surface area contributed by atoms with E-state index in [1.54, 1.807) is 30.3 Å². The van der Waals surface area contributed by atoms with Crippen molar-refractivity contribution < 1.29 is 28.5 Å². The van der Waals surface area contributed by atoms with Gasteiger partial charge in [-0.05, 0) is 25.0 Å². The second kappa shape index (κ2) is 11.2. The number of carbonyl (C=O) groups excluding carboxylic acids is 2. The van der Waals surface area contributed by atoms with Crippen LogP contribution in [0.5, 0.6) is 11.5 Å². The van der Waals surface area contributed by atoms with Gasteiger partial charge in [0.15, 0.2) is 11.5 Å². The monoisotopic (exact) mass is 478 g/mol. The number of ether oxygens (including phenoxy) is 4. The van der Waals surface area contributed by atoms with Crippen molar-refractivity contribution >= 4 is 57.1 Å². The highest BCUT2D eigenvalue weighted by molar-refractivity contribution is 6.40. The molecule has 0 aliphatic heterocycles. The third kappa shape index (κ3) is 5.56. The molecule has 0 saturated carbocycles. The molecule has 170 valence electrons. The van der Waals surface area contributed by atoms with Gasteiger partial charge in [-0.2, -0.15) is 0 Å². The largest absolute Gasteiger partial charge is 0.513 e. The van der Waals surface area contributed by atoms with Crippen molar-refractivity contribution in [2.45, 2.75) is 39.5 Å². The number of fused-ring (bicyclic) bond motifs is 2. The number of hydrogen-bond donors (Lipinski definition) is 0. The molecular formula is C24H24Cl2O6. The first-order valence-electron chi connectivity index (χ1n) is 10.5. The fourth-order valence-electron chi connectivity index (χ4n) is 3.18. The first kappa shape index (κ1) is 24.0. The molecule has 0 atom stereocenters. The summed E-state index contributed by atoms with van der Waals surface area (Å²) in [4.78, 5) is 24.7. The fourth-order valence-corrected chi connectivity index (χ4v) is 3.76. The summed E-state index contributed by atoms with van der Waals surface area (Å²) in [5, 5.41) is 2.40. The van der Waals surface area contributed by atoms with Crippen molar-refractivity contribution in [1.82, 2.24) is 0 Å². The predicted octanol–water partition coefficient (Wildman–Crippen LogP) is 7.93. The number of halogens is 2. The topological polar surface area (TPSA) is 71.1 Å². The van der Waals surface area contributed by atoms with Gasteiger partial charge in [-0.3, -0.25) is 0 Å². The molecule has 0 N–H and O–H groups in total. The van der Waals surface area contributed by atoms with E-state index in [-0.39, 0.29) is 29.7 Å². The Bertz CT molecular complexity index is 1130. The van der Waals surface area contributed by atoms with Gasteiger partial charge in [0.05, 0.1) is 18.2 Å². The van der Waals surface area contributed by atoms with Crippen LogP contribution < -0.4 is 9.47 Å². The summed E-state index contributed by atoms with van der Waals surface area (Å²) in [7, 11) is 0. The predicted molar refractivity (Wildman–Crippen MR) is 125 cm³/mol. The van der Waals surface area contributed by atoms with Crippen LogP contribution in [-0.2, 0) is 9.47 Å². The zero-order valence-electron chi connectivity index (χ0n) is 17.9. The Hall–Kier alpha value is -2.70. The maximum Gasteiger partial charge on any atom is 0.513 e. The van der Waals surface area contributed by atoms with Crippen molar-refractivity contribution in [3.63, 3.8) is 0 Å².